The van der Waals surface area contributed by atoms with Gasteiger partial charge in [0.15, 0.2) is 0 Å². The molecule has 3 nitrogen and oxygen atoms in total. The Labute approximate surface area is 115 Å². The molecule has 0 saturated heterocycles. The van der Waals surface area contributed by atoms with Crippen LogP contribution in [-0.4, -0.2) is 16.5 Å². The normalized spacial score (nSPS) is 12.3. The van der Waals surface area contributed by atoms with E-state index in [-0.39, 0.29) is 0 Å². The molecule has 1 heterocycles. The summed E-state index contributed by atoms with van der Waals surface area (Å²) in [5.41, 5.74) is 2.55. The smallest absolute Gasteiger partial charge is 0.115 e. The van der Waals surface area contributed by atoms with Gasteiger partial charge in [0.2, 0.25) is 0 Å². The molecule has 1 N–H and O–H groups in total. The standard InChI is InChI=1S/C16H21N3/c1-2-10-19-16(15-11-17-13-18-12-15)9-8-14-6-4-3-5-7-14/h3-7,11-13,16,19H,2,8-10H2,1H3. The molecule has 0 radical (unpaired) electrons. The molecule has 0 bridgehead atoms. The molecule has 0 saturated carbocycles. The van der Waals surface area contributed by atoms with Crippen molar-refractivity contribution in [3.8, 4) is 0 Å². The second-order valence-electron chi connectivity index (χ2n) is 4.70. The van der Waals surface area contributed by atoms with Gasteiger partial charge >= 0.3 is 0 Å². The maximum Gasteiger partial charge on any atom is 0.115 e. The molecule has 1 atom stereocenters. The number of rotatable bonds is 7. The SMILES string of the molecule is CCCNC(CCc1ccccc1)c1cncnc1. The van der Waals surface area contributed by atoms with Crippen LogP contribution in [0, 0.1) is 0 Å². The summed E-state index contributed by atoms with van der Waals surface area (Å²) in [6, 6.07) is 10.9. The molecule has 0 aliphatic carbocycles. The molecule has 0 aliphatic rings. The van der Waals surface area contributed by atoms with Crippen LogP contribution in [0.5, 0.6) is 0 Å². The van der Waals surface area contributed by atoms with Gasteiger partial charge in [-0.25, -0.2) is 9.97 Å². The van der Waals surface area contributed by atoms with Crippen LogP contribution in [0.1, 0.15) is 36.9 Å². The minimum Gasteiger partial charge on any atom is -0.310 e. The lowest BCUT2D eigenvalue weighted by atomic mass is 10.0. The lowest BCUT2D eigenvalue weighted by Gasteiger charge is -2.18. The molecule has 1 aromatic heterocycles. The Morgan fingerprint density at radius 1 is 1.11 bits per heavy atom. The maximum absolute atomic E-state index is 4.12. The molecule has 1 unspecified atom stereocenters. The van der Waals surface area contributed by atoms with E-state index in [9.17, 15) is 0 Å². The zero-order chi connectivity index (χ0) is 13.3. The fourth-order valence-electron chi connectivity index (χ4n) is 2.15. The van der Waals surface area contributed by atoms with Gasteiger partial charge < -0.3 is 5.32 Å². The third-order valence-corrected chi connectivity index (χ3v) is 3.19. The van der Waals surface area contributed by atoms with Crippen molar-refractivity contribution >= 4 is 0 Å². The van der Waals surface area contributed by atoms with Crippen LogP contribution >= 0.6 is 0 Å². The molecule has 100 valence electrons. The van der Waals surface area contributed by atoms with Crippen LogP contribution in [0.15, 0.2) is 49.1 Å². The molecule has 0 amide bonds. The number of nitrogens with zero attached hydrogens (tertiary/aromatic N) is 2. The molecule has 0 aliphatic heterocycles. The number of hydrogen-bond donors (Lipinski definition) is 1. The predicted molar refractivity (Wildman–Crippen MR) is 77.8 cm³/mol. The van der Waals surface area contributed by atoms with E-state index >= 15 is 0 Å². The van der Waals surface area contributed by atoms with E-state index < -0.39 is 0 Å². The molecule has 0 fully saturated rings. The van der Waals surface area contributed by atoms with E-state index in [1.165, 1.54) is 11.1 Å². The first-order chi connectivity index (χ1) is 9.40. The number of benzene rings is 1. The van der Waals surface area contributed by atoms with Crippen LogP contribution in [-0.2, 0) is 6.42 Å². The fraction of sp³-hybridized carbons (Fsp3) is 0.375. The summed E-state index contributed by atoms with van der Waals surface area (Å²) in [4.78, 5) is 8.24. The minimum absolute atomic E-state index is 0.335. The highest BCUT2D eigenvalue weighted by Crippen LogP contribution is 2.17. The topological polar surface area (TPSA) is 37.8 Å². The third-order valence-electron chi connectivity index (χ3n) is 3.19. The molecule has 19 heavy (non-hydrogen) atoms. The van der Waals surface area contributed by atoms with Gasteiger partial charge in [-0.3, -0.25) is 0 Å². The van der Waals surface area contributed by atoms with Crippen molar-refractivity contribution in [2.24, 2.45) is 0 Å². The van der Waals surface area contributed by atoms with Crippen molar-refractivity contribution in [2.75, 3.05) is 6.54 Å². The van der Waals surface area contributed by atoms with Gasteiger partial charge in [-0.15, -0.1) is 0 Å². The number of hydrogen-bond acceptors (Lipinski definition) is 3. The molecular weight excluding hydrogens is 234 g/mol. The highest BCUT2D eigenvalue weighted by Gasteiger charge is 2.11. The van der Waals surface area contributed by atoms with Crippen LogP contribution in [0.4, 0.5) is 0 Å². The Bertz CT molecular complexity index is 456. The maximum atomic E-state index is 4.12. The van der Waals surface area contributed by atoms with Gasteiger partial charge in [-0.1, -0.05) is 37.3 Å². The first-order valence-electron chi connectivity index (χ1n) is 6.92. The lowest BCUT2D eigenvalue weighted by Crippen LogP contribution is -2.23. The van der Waals surface area contributed by atoms with Gasteiger partial charge in [0.05, 0.1) is 0 Å². The zero-order valence-corrected chi connectivity index (χ0v) is 11.4. The summed E-state index contributed by atoms with van der Waals surface area (Å²) in [5.74, 6) is 0. The van der Waals surface area contributed by atoms with Crippen molar-refractivity contribution in [2.45, 2.75) is 32.2 Å². The van der Waals surface area contributed by atoms with Gasteiger partial charge in [-0.2, -0.15) is 0 Å². The van der Waals surface area contributed by atoms with Crippen molar-refractivity contribution in [3.63, 3.8) is 0 Å². The first kappa shape index (κ1) is 13.7. The summed E-state index contributed by atoms with van der Waals surface area (Å²) < 4.78 is 0. The van der Waals surface area contributed by atoms with Crippen LogP contribution in [0.25, 0.3) is 0 Å². The number of nitrogens with one attached hydrogen (secondary N) is 1. The summed E-state index contributed by atoms with van der Waals surface area (Å²) in [7, 11) is 0. The Balaban J connectivity index is 1.98. The molecule has 0 spiro atoms. The van der Waals surface area contributed by atoms with Crippen molar-refractivity contribution < 1.29 is 0 Å². The lowest BCUT2D eigenvalue weighted by molar-refractivity contribution is 0.496. The van der Waals surface area contributed by atoms with Gasteiger partial charge in [-0.05, 0) is 31.4 Å². The van der Waals surface area contributed by atoms with E-state index in [0.29, 0.717) is 6.04 Å². The Morgan fingerprint density at radius 3 is 2.53 bits per heavy atom. The second-order valence-corrected chi connectivity index (χ2v) is 4.70. The fourth-order valence-corrected chi connectivity index (χ4v) is 2.15. The van der Waals surface area contributed by atoms with Crippen molar-refractivity contribution in [1.29, 1.82) is 0 Å². The molecule has 2 aromatic rings. The first-order valence-corrected chi connectivity index (χ1v) is 6.92. The number of aromatic nitrogens is 2. The molecule has 2 rings (SSSR count). The highest BCUT2D eigenvalue weighted by molar-refractivity contribution is 5.16. The summed E-state index contributed by atoms with van der Waals surface area (Å²) in [6.45, 7) is 3.21. The van der Waals surface area contributed by atoms with Crippen LogP contribution in [0.2, 0.25) is 0 Å². The van der Waals surface area contributed by atoms with E-state index in [0.717, 1.165) is 25.8 Å². The van der Waals surface area contributed by atoms with Crippen LogP contribution < -0.4 is 5.32 Å². The highest BCUT2D eigenvalue weighted by atomic mass is 14.9. The van der Waals surface area contributed by atoms with Gasteiger partial charge in [0.25, 0.3) is 0 Å². The number of aryl methyl sites for hydroxylation is 1. The van der Waals surface area contributed by atoms with Gasteiger partial charge in [0, 0.05) is 24.0 Å². The van der Waals surface area contributed by atoms with E-state index in [4.69, 9.17) is 0 Å². The molecule has 3 heteroatoms. The van der Waals surface area contributed by atoms with E-state index in [1.807, 2.05) is 12.4 Å². The molecule has 1 aromatic carbocycles. The summed E-state index contributed by atoms with van der Waals surface area (Å²) in [6.07, 6.45) is 8.66. The molecular formula is C16H21N3. The minimum atomic E-state index is 0.335. The van der Waals surface area contributed by atoms with E-state index in [2.05, 4.69) is 52.5 Å². The van der Waals surface area contributed by atoms with E-state index in [1.54, 1.807) is 6.33 Å². The average molecular weight is 255 g/mol. The van der Waals surface area contributed by atoms with Gasteiger partial charge in [0.1, 0.15) is 6.33 Å². The van der Waals surface area contributed by atoms with Crippen molar-refractivity contribution in [1.82, 2.24) is 15.3 Å². The summed E-state index contributed by atoms with van der Waals surface area (Å²) >= 11 is 0. The summed E-state index contributed by atoms with van der Waals surface area (Å²) in [5, 5.41) is 3.58. The van der Waals surface area contributed by atoms with Crippen LogP contribution in [0.3, 0.4) is 0 Å². The Kier molecular flexibility index (Phi) is 5.50. The quantitative estimate of drug-likeness (QED) is 0.826. The Morgan fingerprint density at radius 2 is 1.84 bits per heavy atom. The monoisotopic (exact) mass is 255 g/mol. The largest absolute Gasteiger partial charge is 0.310 e. The third kappa shape index (κ3) is 4.45. The predicted octanol–water partition coefficient (Wildman–Crippen LogP) is 3.15. The average Bonchev–Trinajstić information content (AvgIpc) is 2.49. The zero-order valence-electron chi connectivity index (χ0n) is 11.4. The Hall–Kier alpha value is -1.74. The van der Waals surface area contributed by atoms with Crippen molar-refractivity contribution in [3.05, 3.63) is 60.2 Å². The second kappa shape index (κ2) is 7.64.